The smallest absolute Gasteiger partial charge is 0.255 e. The van der Waals surface area contributed by atoms with E-state index in [0.717, 1.165) is 29.8 Å². The third-order valence-corrected chi connectivity index (χ3v) is 6.49. The molecule has 0 radical (unpaired) electrons. The number of hydrogen-bond acceptors (Lipinski definition) is 4. The Morgan fingerprint density at radius 3 is 2.43 bits per heavy atom. The van der Waals surface area contributed by atoms with Crippen molar-refractivity contribution in [3.05, 3.63) is 58.6 Å². The second-order valence-corrected chi connectivity index (χ2v) is 10.0. The number of nitrogens with one attached hydrogen (secondary N) is 1. The summed E-state index contributed by atoms with van der Waals surface area (Å²) in [6, 6.07) is 13.5. The minimum Gasteiger partial charge on any atom is -0.339 e. The SMILES string of the molecule is CS(=O)(=O)N(CC(=O)Nc1ccccc1C(=O)N1CCCCC1)c1cccc(Br)c1. The Labute approximate surface area is 185 Å². The largest absolute Gasteiger partial charge is 0.339 e. The van der Waals surface area contributed by atoms with E-state index in [1.165, 1.54) is 0 Å². The molecule has 0 atom stereocenters. The summed E-state index contributed by atoms with van der Waals surface area (Å²) in [5.41, 5.74) is 1.15. The van der Waals surface area contributed by atoms with Crippen LogP contribution in [0.25, 0.3) is 0 Å². The summed E-state index contributed by atoms with van der Waals surface area (Å²) in [6.45, 7) is 0.999. The molecule has 7 nitrogen and oxygen atoms in total. The summed E-state index contributed by atoms with van der Waals surface area (Å²) >= 11 is 3.32. The zero-order valence-electron chi connectivity index (χ0n) is 16.7. The summed E-state index contributed by atoms with van der Waals surface area (Å²) in [5, 5.41) is 2.71. The molecule has 0 bridgehead atoms. The van der Waals surface area contributed by atoms with Gasteiger partial charge in [-0.3, -0.25) is 13.9 Å². The molecular formula is C21H24BrN3O4S. The van der Waals surface area contributed by atoms with Crippen molar-refractivity contribution in [2.45, 2.75) is 19.3 Å². The average Bonchev–Trinajstić information content (AvgIpc) is 2.72. The predicted octanol–water partition coefficient (Wildman–Crippen LogP) is 3.48. The van der Waals surface area contributed by atoms with Crippen LogP contribution in [0.1, 0.15) is 29.6 Å². The first-order chi connectivity index (χ1) is 14.3. The lowest BCUT2D eigenvalue weighted by molar-refractivity contribution is -0.114. The maximum Gasteiger partial charge on any atom is 0.255 e. The number of para-hydroxylation sites is 1. The predicted molar refractivity (Wildman–Crippen MR) is 121 cm³/mol. The van der Waals surface area contributed by atoms with Gasteiger partial charge in [0.2, 0.25) is 15.9 Å². The Morgan fingerprint density at radius 1 is 1.07 bits per heavy atom. The molecule has 1 fully saturated rings. The zero-order chi connectivity index (χ0) is 21.7. The highest BCUT2D eigenvalue weighted by atomic mass is 79.9. The number of halogens is 1. The quantitative estimate of drug-likeness (QED) is 0.667. The molecule has 160 valence electrons. The Morgan fingerprint density at radius 2 is 1.77 bits per heavy atom. The van der Waals surface area contributed by atoms with Gasteiger partial charge in [-0.2, -0.15) is 0 Å². The van der Waals surface area contributed by atoms with Crippen molar-refractivity contribution < 1.29 is 18.0 Å². The van der Waals surface area contributed by atoms with Gasteiger partial charge in [0.1, 0.15) is 6.54 Å². The number of amides is 2. The minimum atomic E-state index is -3.69. The van der Waals surface area contributed by atoms with Gasteiger partial charge in [-0.1, -0.05) is 34.1 Å². The molecule has 0 unspecified atom stereocenters. The number of carbonyl (C=O) groups is 2. The monoisotopic (exact) mass is 493 g/mol. The van der Waals surface area contributed by atoms with E-state index in [1.54, 1.807) is 53.4 Å². The molecule has 0 aliphatic carbocycles. The molecule has 1 saturated heterocycles. The van der Waals surface area contributed by atoms with E-state index in [1.807, 2.05) is 0 Å². The van der Waals surface area contributed by atoms with E-state index in [4.69, 9.17) is 0 Å². The Bertz CT molecular complexity index is 1040. The number of likely N-dealkylation sites (tertiary alicyclic amines) is 1. The average molecular weight is 494 g/mol. The van der Waals surface area contributed by atoms with Crippen LogP contribution in [-0.2, 0) is 14.8 Å². The highest BCUT2D eigenvalue weighted by molar-refractivity contribution is 9.10. The van der Waals surface area contributed by atoms with Gasteiger partial charge in [0.05, 0.1) is 23.2 Å². The van der Waals surface area contributed by atoms with Gasteiger partial charge in [-0.05, 0) is 49.6 Å². The molecule has 1 aliphatic heterocycles. The van der Waals surface area contributed by atoms with Crippen LogP contribution in [-0.4, -0.2) is 51.0 Å². The molecule has 1 aliphatic rings. The topological polar surface area (TPSA) is 86.8 Å². The third kappa shape index (κ3) is 5.60. The van der Waals surface area contributed by atoms with Crippen LogP contribution in [0, 0.1) is 0 Å². The third-order valence-electron chi connectivity index (χ3n) is 4.86. The van der Waals surface area contributed by atoms with E-state index in [-0.39, 0.29) is 5.91 Å². The standard InChI is InChI=1S/C21H24BrN3O4S/c1-30(28,29)25(17-9-7-8-16(22)14-17)15-20(26)23-19-11-4-3-10-18(19)21(27)24-12-5-2-6-13-24/h3-4,7-11,14H,2,5-6,12-13,15H2,1H3,(H,23,26). The number of nitrogens with zero attached hydrogens (tertiary/aromatic N) is 2. The van der Waals surface area contributed by atoms with E-state index in [2.05, 4.69) is 21.2 Å². The first-order valence-corrected chi connectivity index (χ1v) is 12.3. The molecule has 0 saturated carbocycles. The van der Waals surface area contributed by atoms with Crippen LogP contribution < -0.4 is 9.62 Å². The maximum atomic E-state index is 12.9. The second-order valence-electron chi connectivity index (χ2n) is 7.20. The number of hydrogen-bond donors (Lipinski definition) is 1. The lowest BCUT2D eigenvalue weighted by Gasteiger charge is -2.27. The second kappa shape index (κ2) is 9.61. The van der Waals surface area contributed by atoms with Crippen molar-refractivity contribution in [3.63, 3.8) is 0 Å². The van der Waals surface area contributed by atoms with Crippen molar-refractivity contribution in [1.29, 1.82) is 0 Å². The molecule has 30 heavy (non-hydrogen) atoms. The van der Waals surface area contributed by atoms with Crippen LogP contribution in [0.5, 0.6) is 0 Å². The van der Waals surface area contributed by atoms with Gasteiger partial charge in [-0.15, -0.1) is 0 Å². The van der Waals surface area contributed by atoms with E-state index in [0.29, 0.717) is 34.5 Å². The molecular weight excluding hydrogens is 470 g/mol. The lowest BCUT2D eigenvalue weighted by Crippen LogP contribution is -2.38. The van der Waals surface area contributed by atoms with E-state index < -0.39 is 22.5 Å². The highest BCUT2D eigenvalue weighted by Gasteiger charge is 2.24. The molecule has 2 aromatic rings. The fraction of sp³-hybridized carbons (Fsp3) is 0.333. The minimum absolute atomic E-state index is 0.127. The summed E-state index contributed by atoms with van der Waals surface area (Å²) in [7, 11) is -3.69. The first-order valence-electron chi connectivity index (χ1n) is 9.67. The van der Waals surface area contributed by atoms with Gasteiger partial charge in [0.15, 0.2) is 0 Å². The van der Waals surface area contributed by atoms with E-state index in [9.17, 15) is 18.0 Å². The Kier molecular flexibility index (Phi) is 7.14. The molecule has 0 spiro atoms. The van der Waals surface area contributed by atoms with E-state index >= 15 is 0 Å². The molecule has 2 amide bonds. The van der Waals surface area contributed by atoms with Crippen LogP contribution in [0.15, 0.2) is 53.0 Å². The van der Waals surface area contributed by atoms with Crippen LogP contribution in [0.2, 0.25) is 0 Å². The number of piperidine rings is 1. The van der Waals surface area contributed by atoms with Crippen LogP contribution in [0.4, 0.5) is 11.4 Å². The summed E-state index contributed by atoms with van der Waals surface area (Å²) in [6.07, 6.45) is 4.10. The van der Waals surface area contributed by atoms with Crippen molar-refractivity contribution in [3.8, 4) is 0 Å². The summed E-state index contributed by atoms with van der Waals surface area (Å²) in [4.78, 5) is 27.4. The van der Waals surface area contributed by atoms with Crippen molar-refractivity contribution >= 4 is 49.1 Å². The fourth-order valence-corrected chi connectivity index (χ4v) is 4.63. The Hall–Kier alpha value is -2.39. The number of anilines is 2. The number of benzene rings is 2. The molecule has 3 rings (SSSR count). The number of carbonyl (C=O) groups excluding carboxylic acids is 2. The van der Waals surface area contributed by atoms with Gasteiger partial charge in [0, 0.05) is 17.6 Å². The maximum absolute atomic E-state index is 12.9. The van der Waals surface area contributed by atoms with Crippen LogP contribution in [0.3, 0.4) is 0 Å². The van der Waals surface area contributed by atoms with Gasteiger partial charge in [0.25, 0.3) is 5.91 Å². The molecule has 2 aromatic carbocycles. The molecule has 9 heteroatoms. The fourth-order valence-electron chi connectivity index (χ4n) is 3.40. The van der Waals surface area contributed by atoms with Crippen molar-refractivity contribution in [1.82, 2.24) is 4.90 Å². The van der Waals surface area contributed by atoms with Crippen molar-refractivity contribution in [2.75, 3.05) is 35.5 Å². The van der Waals surface area contributed by atoms with Gasteiger partial charge >= 0.3 is 0 Å². The van der Waals surface area contributed by atoms with Gasteiger partial charge in [-0.25, -0.2) is 8.42 Å². The first kappa shape index (κ1) is 22.3. The van der Waals surface area contributed by atoms with Gasteiger partial charge < -0.3 is 10.2 Å². The lowest BCUT2D eigenvalue weighted by atomic mass is 10.1. The zero-order valence-corrected chi connectivity index (χ0v) is 19.1. The van der Waals surface area contributed by atoms with Crippen molar-refractivity contribution in [2.24, 2.45) is 0 Å². The highest BCUT2D eigenvalue weighted by Crippen LogP contribution is 2.23. The molecule has 1 heterocycles. The Balaban J connectivity index is 1.79. The normalized spacial score (nSPS) is 14.3. The molecule has 1 N–H and O–H groups in total. The number of sulfonamides is 1. The van der Waals surface area contributed by atoms with Crippen LogP contribution >= 0.6 is 15.9 Å². The number of rotatable bonds is 6. The molecule has 0 aromatic heterocycles. The summed E-state index contributed by atoms with van der Waals surface area (Å²) < 4.78 is 26.3. The summed E-state index contributed by atoms with van der Waals surface area (Å²) in [5.74, 6) is -0.656.